The highest BCUT2D eigenvalue weighted by atomic mass is 35.5. The lowest BCUT2D eigenvalue weighted by Gasteiger charge is -2.05. The van der Waals surface area contributed by atoms with Gasteiger partial charge in [-0.3, -0.25) is 0 Å². The molecule has 1 aromatic rings. The van der Waals surface area contributed by atoms with E-state index in [0.717, 1.165) is 13.0 Å². The largest absolute Gasteiger partial charge is 0.381 e. The molecule has 0 radical (unpaired) electrons. The number of hydrogen-bond donors (Lipinski definition) is 1. The standard InChI is InChI=1S/C7H9ClN4O/c8-6-10-5(11-7(9)12-6)4-1-2-13-3-4/h4H,1-3H2,(H2,9,10,11,12). The van der Waals surface area contributed by atoms with E-state index in [4.69, 9.17) is 22.1 Å². The van der Waals surface area contributed by atoms with Gasteiger partial charge in [0.25, 0.3) is 0 Å². The fourth-order valence-corrected chi connectivity index (χ4v) is 1.48. The summed E-state index contributed by atoms with van der Waals surface area (Å²) in [6, 6.07) is 0. The van der Waals surface area contributed by atoms with Gasteiger partial charge in [-0.1, -0.05) is 0 Å². The van der Waals surface area contributed by atoms with E-state index in [-0.39, 0.29) is 17.1 Å². The van der Waals surface area contributed by atoms with Crippen LogP contribution in [-0.2, 0) is 4.74 Å². The molecule has 2 N–H and O–H groups in total. The number of rotatable bonds is 1. The van der Waals surface area contributed by atoms with Gasteiger partial charge in [0.1, 0.15) is 5.82 Å². The first-order chi connectivity index (χ1) is 6.25. The lowest BCUT2D eigenvalue weighted by molar-refractivity contribution is 0.193. The summed E-state index contributed by atoms with van der Waals surface area (Å²) >= 11 is 5.65. The lowest BCUT2D eigenvalue weighted by atomic mass is 10.1. The third-order valence-electron chi connectivity index (χ3n) is 1.94. The Balaban J connectivity index is 2.28. The Kier molecular flexibility index (Phi) is 2.28. The SMILES string of the molecule is Nc1nc(Cl)nc(C2CCOC2)n1. The maximum Gasteiger partial charge on any atom is 0.227 e. The van der Waals surface area contributed by atoms with Crippen LogP contribution in [0.4, 0.5) is 5.95 Å². The quantitative estimate of drug-likeness (QED) is 0.719. The molecular weight excluding hydrogens is 192 g/mol. The smallest absolute Gasteiger partial charge is 0.227 e. The third-order valence-corrected chi connectivity index (χ3v) is 2.11. The second-order valence-corrected chi connectivity index (χ2v) is 3.22. The fraction of sp³-hybridized carbons (Fsp3) is 0.571. The summed E-state index contributed by atoms with van der Waals surface area (Å²) in [7, 11) is 0. The summed E-state index contributed by atoms with van der Waals surface area (Å²) in [6.07, 6.45) is 0.916. The number of nitrogens with zero attached hydrogens (tertiary/aromatic N) is 3. The molecule has 2 rings (SSSR count). The van der Waals surface area contributed by atoms with Crippen molar-refractivity contribution in [3.05, 3.63) is 11.1 Å². The Morgan fingerprint density at radius 2 is 2.23 bits per heavy atom. The minimum Gasteiger partial charge on any atom is -0.381 e. The van der Waals surface area contributed by atoms with E-state index in [1.54, 1.807) is 0 Å². The first-order valence-electron chi connectivity index (χ1n) is 4.00. The summed E-state index contributed by atoms with van der Waals surface area (Å²) in [5.74, 6) is 1.01. The monoisotopic (exact) mass is 200 g/mol. The first kappa shape index (κ1) is 8.65. The van der Waals surface area contributed by atoms with Crippen LogP contribution in [0.5, 0.6) is 0 Å². The van der Waals surface area contributed by atoms with Crippen molar-refractivity contribution >= 4 is 17.5 Å². The van der Waals surface area contributed by atoms with Gasteiger partial charge in [0, 0.05) is 12.5 Å². The van der Waals surface area contributed by atoms with Gasteiger partial charge in [0.15, 0.2) is 0 Å². The lowest BCUT2D eigenvalue weighted by Crippen LogP contribution is -2.08. The van der Waals surface area contributed by atoms with Gasteiger partial charge in [-0.15, -0.1) is 0 Å². The van der Waals surface area contributed by atoms with Crippen molar-refractivity contribution in [1.82, 2.24) is 15.0 Å². The molecular formula is C7H9ClN4O. The maximum atomic E-state index is 5.65. The van der Waals surface area contributed by atoms with E-state index >= 15 is 0 Å². The molecule has 1 aliphatic heterocycles. The van der Waals surface area contributed by atoms with Crippen LogP contribution < -0.4 is 5.73 Å². The molecule has 0 bridgehead atoms. The topological polar surface area (TPSA) is 73.9 Å². The van der Waals surface area contributed by atoms with E-state index in [9.17, 15) is 0 Å². The highest BCUT2D eigenvalue weighted by Gasteiger charge is 2.21. The van der Waals surface area contributed by atoms with Gasteiger partial charge in [0.2, 0.25) is 11.2 Å². The summed E-state index contributed by atoms with van der Waals surface area (Å²) in [5.41, 5.74) is 5.44. The number of nitrogens with two attached hydrogens (primary N) is 1. The van der Waals surface area contributed by atoms with Crippen molar-refractivity contribution in [2.24, 2.45) is 0 Å². The normalized spacial score (nSPS) is 22.1. The van der Waals surface area contributed by atoms with Crippen LogP contribution in [-0.4, -0.2) is 28.2 Å². The highest BCUT2D eigenvalue weighted by molar-refractivity contribution is 6.28. The minimum atomic E-state index is 0.148. The number of hydrogen-bond acceptors (Lipinski definition) is 5. The van der Waals surface area contributed by atoms with Crippen LogP contribution in [0, 0.1) is 0 Å². The summed E-state index contributed by atoms with van der Waals surface area (Å²) in [4.78, 5) is 11.7. The van der Waals surface area contributed by atoms with Gasteiger partial charge in [-0.05, 0) is 18.0 Å². The zero-order chi connectivity index (χ0) is 9.26. The minimum absolute atomic E-state index is 0.148. The van der Waals surface area contributed by atoms with Gasteiger partial charge in [0.05, 0.1) is 6.61 Å². The van der Waals surface area contributed by atoms with Gasteiger partial charge < -0.3 is 10.5 Å². The molecule has 1 aliphatic rings. The third kappa shape index (κ3) is 1.87. The van der Waals surface area contributed by atoms with Gasteiger partial charge in [-0.25, -0.2) is 4.98 Å². The summed E-state index contributed by atoms with van der Waals surface area (Å²) in [5, 5.41) is 0.148. The predicted molar refractivity (Wildman–Crippen MR) is 47.4 cm³/mol. The van der Waals surface area contributed by atoms with Crippen LogP contribution in [0.3, 0.4) is 0 Å². The van der Waals surface area contributed by atoms with Crippen LogP contribution in [0.2, 0.25) is 5.28 Å². The molecule has 70 valence electrons. The van der Waals surface area contributed by atoms with Crippen LogP contribution in [0.15, 0.2) is 0 Å². The van der Waals surface area contributed by atoms with E-state index in [2.05, 4.69) is 15.0 Å². The van der Waals surface area contributed by atoms with Crippen LogP contribution >= 0.6 is 11.6 Å². The molecule has 0 aliphatic carbocycles. The molecule has 1 unspecified atom stereocenters. The van der Waals surface area contributed by atoms with E-state index in [1.807, 2.05) is 0 Å². The molecule has 0 aromatic carbocycles. The Hall–Kier alpha value is -0.940. The first-order valence-corrected chi connectivity index (χ1v) is 4.38. The average Bonchev–Trinajstić information content (AvgIpc) is 2.53. The van der Waals surface area contributed by atoms with Crippen LogP contribution in [0.25, 0.3) is 0 Å². The van der Waals surface area contributed by atoms with Crippen molar-refractivity contribution < 1.29 is 4.74 Å². The van der Waals surface area contributed by atoms with E-state index in [0.29, 0.717) is 12.4 Å². The molecule has 0 amide bonds. The Labute approximate surface area is 80.3 Å². The number of halogens is 1. The maximum absolute atomic E-state index is 5.65. The van der Waals surface area contributed by atoms with Gasteiger partial charge in [-0.2, -0.15) is 9.97 Å². The Morgan fingerprint density at radius 1 is 1.38 bits per heavy atom. The molecule has 0 saturated carbocycles. The van der Waals surface area contributed by atoms with Crippen LogP contribution in [0.1, 0.15) is 18.2 Å². The van der Waals surface area contributed by atoms with Gasteiger partial charge >= 0.3 is 0 Å². The van der Waals surface area contributed by atoms with Crippen molar-refractivity contribution in [2.75, 3.05) is 18.9 Å². The second-order valence-electron chi connectivity index (χ2n) is 2.88. The molecule has 1 saturated heterocycles. The zero-order valence-corrected chi connectivity index (χ0v) is 7.66. The molecule has 1 atom stereocenters. The molecule has 5 nitrogen and oxygen atoms in total. The Morgan fingerprint density at radius 3 is 2.85 bits per heavy atom. The number of anilines is 1. The predicted octanol–water partition coefficient (Wildman–Crippen LogP) is 0.611. The van der Waals surface area contributed by atoms with Crippen molar-refractivity contribution in [3.63, 3.8) is 0 Å². The summed E-state index contributed by atoms with van der Waals surface area (Å²) < 4.78 is 5.21. The molecule has 6 heteroatoms. The van der Waals surface area contributed by atoms with E-state index < -0.39 is 0 Å². The molecule has 13 heavy (non-hydrogen) atoms. The fourth-order valence-electron chi connectivity index (χ4n) is 1.30. The molecule has 0 spiro atoms. The van der Waals surface area contributed by atoms with Crippen molar-refractivity contribution in [3.8, 4) is 0 Å². The Bertz CT molecular complexity index is 293. The highest BCUT2D eigenvalue weighted by Crippen LogP contribution is 2.22. The zero-order valence-electron chi connectivity index (χ0n) is 6.90. The number of aromatic nitrogens is 3. The average molecular weight is 201 g/mol. The van der Waals surface area contributed by atoms with E-state index in [1.165, 1.54) is 0 Å². The summed E-state index contributed by atoms with van der Waals surface area (Å²) in [6.45, 7) is 1.38. The number of nitrogen functional groups attached to an aromatic ring is 1. The number of ether oxygens (including phenoxy) is 1. The van der Waals surface area contributed by atoms with Crippen molar-refractivity contribution in [2.45, 2.75) is 12.3 Å². The molecule has 1 fully saturated rings. The second kappa shape index (κ2) is 3.43. The molecule has 1 aromatic heterocycles. The van der Waals surface area contributed by atoms with Crippen molar-refractivity contribution in [1.29, 1.82) is 0 Å². The molecule has 2 heterocycles.